The molecule has 158 valence electrons. The number of hydrogen-bond acceptors (Lipinski definition) is 3. The SMILES string of the molecule is CCc1ccccc1NC(=O)C1CCN(C(=O)N2CCOc3ccc(C)cc32)CC1. The Labute approximate surface area is 177 Å². The normalized spacial score (nSPS) is 16.6. The van der Waals surface area contributed by atoms with Crippen molar-refractivity contribution in [2.75, 3.05) is 36.5 Å². The van der Waals surface area contributed by atoms with Crippen molar-refractivity contribution in [2.24, 2.45) is 5.92 Å². The van der Waals surface area contributed by atoms with Crippen molar-refractivity contribution >= 4 is 23.3 Å². The topological polar surface area (TPSA) is 61.9 Å². The highest BCUT2D eigenvalue weighted by Crippen LogP contribution is 2.33. The average Bonchev–Trinajstić information content (AvgIpc) is 2.78. The maximum absolute atomic E-state index is 13.2. The van der Waals surface area contributed by atoms with Gasteiger partial charge in [0.1, 0.15) is 12.4 Å². The molecular formula is C24H29N3O3. The predicted octanol–water partition coefficient (Wildman–Crippen LogP) is 4.23. The van der Waals surface area contributed by atoms with Crippen LogP contribution in [0, 0.1) is 12.8 Å². The fraction of sp³-hybridized carbons (Fsp3) is 0.417. The minimum absolute atomic E-state index is 0.000312. The van der Waals surface area contributed by atoms with Crippen LogP contribution >= 0.6 is 0 Å². The molecule has 2 aliphatic rings. The van der Waals surface area contributed by atoms with Gasteiger partial charge >= 0.3 is 6.03 Å². The fourth-order valence-electron chi connectivity index (χ4n) is 4.22. The molecule has 6 heteroatoms. The summed E-state index contributed by atoms with van der Waals surface area (Å²) in [5.41, 5.74) is 3.96. The number of nitrogens with zero attached hydrogens (tertiary/aromatic N) is 2. The Morgan fingerprint density at radius 1 is 1.10 bits per heavy atom. The average molecular weight is 408 g/mol. The molecule has 2 heterocycles. The molecule has 0 radical (unpaired) electrons. The molecule has 2 aliphatic heterocycles. The summed E-state index contributed by atoms with van der Waals surface area (Å²) < 4.78 is 5.70. The molecule has 2 aromatic rings. The van der Waals surface area contributed by atoms with Crippen molar-refractivity contribution in [1.82, 2.24) is 4.90 Å². The first-order chi connectivity index (χ1) is 14.6. The summed E-state index contributed by atoms with van der Waals surface area (Å²) in [7, 11) is 0. The Morgan fingerprint density at radius 2 is 1.87 bits per heavy atom. The number of fused-ring (bicyclic) bond motifs is 1. The first-order valence-corrected chi connectivity index (χ1v) is 10.8. The molecule has 2 aromatic carbocycles. The van der Waals surface area contributed by atoms with Crippen molar-refractivity contribution in [1.29, 1.82) is 0 Å². The maximum Gasteiger partial charge on any atom is 0.324 e. The molecule has 0 spiro atoms. The molecule has 30 heavy (non-hydrogen) atoms. The second-order valence-electron chi connectivity index (χ2n) is 8.02. The largest absolute Gasteiger partial charge is 0.490 e. The first-order valence-electron chi connectivity index (χ1n) is 10.8. The number of hydrogen-bond donors (Lipinski definition) is 1. The van der Waals surface area contributed by atoms with Gasteiger partial charge in [0, 0.05) is 24.7 Å². The van der Waals surface area contributed by atoms with Crippen LogP contribution in [0.4, 0.5) is 16.2 Å². The number of anilines is 2. The summed E-state index contributed by atoms with van der Waals surface area (Å²) in [5, 5.41) is 3.09. The number of carbonyl (C=O) groups excluding carboxylic acids is 2. The van der Waals surface area contributed by atoms with Gasteiger partial charge in [-0.1, -0.05) is 31.2 Å². The number of para-hydroxylation sites is 1. The van der Waals surface area contributed by atoms with Gasteiger partial charge in [0.15, 0.2) is 0 Å². The molecule has 1 fully saturated rings. The lowest BCUT2D eigenvalue weighted by Crippen LogP contribution is -2.50. The minimum Gasteiger partial charge on any atom is -0.490 e. The van der Waals surface area contributed by atoms with Crippen molar-refractivity contribution in [3.8, 4) is 5.75 Å². The Kier molecular flexibility index (Phi) is 5.93. The minimum atomic E-state index is -0.0711. The smallest absolute Gasteiger partial charge is 0.324 e. The predicted molar refractivity (Wildman–Crippen MR) is 118 cm³/mol. The van der Waals surface area contributed by atoms with Crippen LogP contribution in [-0.2, 0) is 11.2 Å². The Bertz CT molecular complexity index is 935. The van der Waals surface area contributed by atoms with E-state index in [1.165, 1.54) is 0 Å². The Balaban J connectivity index is 1.37. The lowest BCUT2D eigenvalue weighted by Gasteiger charge is -2.37. The molecule has 0 unspecified atom stereocenters. The van der Waals surface area contributed by atoms with E-state index in [0.717, 1.165) is 34.7 Å². The molecule has 0 aliphatic carbocycles. The molecule has 1 N–H and O–H groups in total. The number of aryl methyl sites for hydroxylation is 2. The van der Waals surface area contributed by atoms with Gasteiger partial charge in [-0.25, -0.2) is 4.79 Å². The number of urea groups is 1. The number of rotatable bonds is 3. The summed E-state index contributed by atoms with van der Waals surface area (Å²) >= 11 is 0. The number of piperidine rings is 1. The van der Waals surface area contributed by atoms with Crippen LogP contribution in [0.25, 0.3) is 0 Å². The zero-order valence-corrected chi connectivity index (χ0v) is 17.7. The lowest BCUT2D eigenvalue weighted by atomic mass is 9.95. The summed E-state index contributed by atoms with van der Waals surface area (Å²) in [5.74, 6) is 0.734. The van der Waals surface area contributed by atoms with E-state index < -0.39 is 0 Å². The lowest BCUT2D eigenvalue weighted by molar-refractivity contribution is -0.121. The van der Waals surface area contributed by atoms with Crippen LogP contribution in [0.5, 0.6) is 5.75 Å². The second kappa shape index (κ2) is 8.78. The van der Waals surface area contributed by atoms with Gasteiger partial charge in [0.25, 0.3) is 0 Å². The Morgan fingerprint density at radius 3 is 2.63 bits per heavy atom. The van der Waals surface area contributed by atoms with Crippen LogP contribution in [0.1, 0.15) is 30.9 Å². The van der Waals surface area contributed by atoms with Gasteiger partial charge in [0.05, 0.1) is 12.2 Å². The Hall–Kier alpha value is -3.02. The molecule has 0 bridgehead atoms. The van der Waals surface area contributed by atoms with Crippen molar-refractivity contribution in [2.45, 2.75) is 33.1 Å². The number of benzene rings is 2. The van der Waals surface area contributed by atoms with E-state index in [0.29, 0.717) is 39.1 Å². The molecule has 0 atom stereocenters. The molecule has 6 nitrogen and oxygen atoms in total. The van der Waals surface area contributed by atoms with E-state index in [1.807, 2.05) is 59.2 Å². The van der Waals surface area contributed by atoms with Gasteiger partial charge < -0.3 is 15.0 Å². The zero-order valence-electron chi connectivity index (χ0n) is 17.7. The molecule has 0 saturated carbocycles. The third-order valence-electron chi connectivity index (χ3n) is 6.00. The van der Waals surface area contributed by atoms with E-state index in [2.05, 4.69) is 12.2 Å². The van der Waals surface area contributed by atoms with Gasteiger partial charge in [-0.15, -0.1) is 0 Å². The molecule has 4 rings (SSSR count). The quantitative estimate of drug-likeness (QED) is 0.828. The molecule has 0 aromatic heterocycles. The monoisotopic (exact) mass is 407 g/mol. The van der Waals surface area contributed by atoms with E-state index in [-0.39, 0.29) is 17.9 Å². The van der Waals surface area contributed by atoms with Crippen LogP contribution in [0.3, 0.4) is 0 Å². The molecule has 3 amide bonds. The van der Waals surface area contributed by atoms with E-state index in [1.54, 1.807) is 0 Å². The maximum atomic E-state index is 13.2. The fourth-order valence-corrected chi connectivity index (χ4v) is 4.22. The number of likely N-dealkylation sites (tertiary alicyclic amines) is 1. The summed E-state index contributed by atoms with van der Waals surface area (Å²) in [6.07, 6.45) is 2.23. The third kappa shape index (κ3) is 4.13. The van der Waals surface area contributed by atoms with Crippen molar-refractivity contribution in [3.05, 3.63) is 53.6 Å². The summed E-state index contributed by atoms with van der Waals surface area (Å²) in [6.45, 7) is 6.31. The van der Waals surface area contributed by atoms with Crippen LogP contribution in [-0.4, -0.2) is 43.1 Å². The first kappa shape index (κ1) is 20.3. The van der Waals surface area contributed by atoms with E-state index >= 15 is 0 Å². The van der Waals surface area contributed by atoms with Gasteiger partial charge in [-0.3, -0.25) is 9.69 Å². The van der Waals surface area contributed by atoms with E-state index in [9.17, 15) is 9.59 Å². The standard InChI is InChI=1S/C24H29N3O3/c1-3-18-6-4-5-7-20(18)25-23(28)19-10-12-26(13-11-19)24(29)27-14-15-30-22-9-8-17(2)16-21(22)27/h4-9,16,19H,3,10-15H2,1-2H3,(H,25,28). The van der Waals surface area contributed by atoms with Gasteiger partial charge in [0.2, 0.25) is 5.91 Å². The second-order valence-corrected chi connectivity index (χ2v) is 8.02. The summed E-state index contributed by atoms with van der Waals surface area (Å²) in [6, 6.07) is 13.8. The van der Waals surface area contributed by atoms with Crippen LogP contribution in [0.15, 0.2) is 42.5 Å². The van der Waals surface area contributed by atoms with Gasteiger partial charge in [-0.05, 0) is 55.5 Å². The highest BCUT2D eigenvalue weighted by Gasteiger charge is 2.32. The van der Waals surface area contributed by atoms with Crippen molar-refractivity contribution < 1.29 is 14.3 Å². The summed E-state index contributed by atoms with van der Waals surface area (Å²) in [4.78, 5) is 29.6. The van der Waals surface area contributed by atoms with Crippen LogP contribution < -0.4 is 15.0 Å². The van der Waals surface area contributed by atoms with Crippen LogP contribution in [0.2, 0.25) is 0 Å². The number of nitrogens with one attached hydrogen (secondary N) is 1. The van der Waals surface area contributed by atoms with Gasteiger partial charge in [-0.2, -0.15) is 0 Å². The number of amides is 3. The number of carbonyl (C=O) groups is 2. The molecule has 1 saturated heterocycles. The van der Waals surface area contributed by atoms with Crippen molar-refractivity contribution in [3.63, 3.8) is 0 Å². The zero-order chi connectivity index (χ0) is 21.1. The number of ether oxygens (including phenoxy) is 1. The highest BCUT2D eigenvalue weighted by atomic mass is 16.5. The molecular weight excluding hydrogens is 378 g/mol. The van der Waals surface area contributed by atoms with E-state index in [4.69, 9.17) is 4.74 Å². The third-order valence-corrected chi connectivity index (χ3v) is 6.00. The highest BCUT2D eigenvalue weighted by molar-refractivity contribution is 5.95.